The van der Waals surface area contributed by atoms with Gasteiger partial charge in [-0.3, -0.25) is 4.79 Å². The monoisotopic (exact) mass is 516 g/mol. The number of aryl methyl sites for hydroxylation is 3. The molecule has 8 nitrogen and oxygen atoms in total. The van der Waals surface area contributed by atoms with E-state index in [1.807, 2.05) is 26.0 Å². The van der Waals surface area contributed by atoms with Crippen molar-refractivity contribution < 1.29 is 23.5 Å². The van der Waals surface area contributed by atoms with Crippen LogP contribution in [0.2, 0.25) is 0 Å². The fourth-order valence-electron chi connectivity index (χ4n) is 4.20. The van der Waals surface area contributed by atoms with E-state index in [2.05, 4.69) is 20.6 Å². The number of benzene rings is 2. The number of oxazole rings is 1. The topological polar surface area (TPSA) is 117 Å². The summed E-state index contributed by atoms with van der Waals surface area (Å²) < 4.78 is 19.6. The minimum atomic E-state index is -1.16. The number of pyridine rings is 1. The number of hydrogen-bond donors (Lipinski definition) is 3. The lowest BCUT2D eigenvalue weighted by atomic mass is 9.98. The summed E-state index contributed by atoms with van der Waals surface area (Å²) in [7, 11) is 0. The Morgan fingerprint density at radius 2 is 1.84 bits per heavy atom. The Labute approximate surface area is 220 Å². The number of nitrogens with one attached hydrogen (secondary N) is 2. The van der Waals surface area contributed by atoms with Gasteiger partial charge < -0.3 is 20.2 Å². The SMILES string of the molecule is CCc1cc(F)cc(C)c1C(=O)NC(Cc1ccc(-c2ncc(CNc3cc(C)ccn3)o2)cc1)C(=O)O. The fourth-order valence-corrected chi connectivity index (χ4v) is 4.20. The van der Waals surface area contributed by atoms with Crippen LogP contribution in [0.4, 0.5) is 10.2 Å². The third kappa shape index (κ3) is 6.42. The summed E-state index contributed by atoms with van der Waals surface area (Å²) in [4.78, 5) is 33.5. The van der Waals surface area contributed by atoms with Gasteiger partial charge in [0, 0.05) is 23.7 Å². The average molecular weight is 517 g/mol. The van der Waals surface area contributed by atoms with E-state index in [1.165, 1.54) is 12.1 Å². The second kappa shape index (κ2) is 11.7. The van der Waals surface area contributed by atoms with Crippen LogP contribution in [0.1, 0.15) is 45.3 Å². The highest BCUT2D eigenvalue weighted by molar-refractivity contribution is 5.99. The van der Waals surface area contributed by atoms with Gasteiger partial charge in [0.25, 0.3) is 5.91 Å². The van der Waals surface area contributed by atoms with Gasteiger partial charge in [0.05, 0.1) is 12.7 Å². The number of nitrogens with zero attached hydrogens (tertiary/aromatic N) is 2. The molecule has 196 valence electrons. The molecule has 1 atom stereocenters. The summed E-state index contributed by atoms with van der Waals surface area (Å²) >= 11 is 0. The van der Waals surface area contributed by atoms with Crippen LogP contribution in [0, 0.1) is 19.7 Å². The maximum Gasteiger partial charge on any atom is 0.326 e. The van der Waals surface area contributed by atoms with Crippen molar-refractivity contribution in [2.45, 2.75) is 46.2 Å². The molecule has 0 saturated heterocycles. The number of rotatable bonds is 10. The van der Waals surface area contributed by atoms with Crippen LogP contribution in [0.15, 0.2) is 65.3 Å². The number of amides is 1. The fraction of sp³-hybridized carbons (Fsp3) is 0.241. The Bertz CT molecular complexity index is 1450. The first-order chi connectivity index (χ1) is 18.2. The van der Waals surface area contributed by atoms with Crippen molar-refractivity contribution in [2.75, 3.05) is 5.32 Å². The molecule has 0 radical (unpaired) electrons. The zero-order valence-corrected chi connectivity index (χ0v) is 21.4. The molecule has 0 aliphatic carbocycles. The van der Waals surface area contributed by atoms with Crippen LogP contribution in [-0.4, -0.2) is 33.0 Å². The average Bonchev–Trinajstić information content (AvgIpc) is 3.36. The molecule has 9 heteroatoms. The van der Waals surface area contributed by atoms with Gasteiger partial charge in [0.15, 0.2) is 0 Å². The number of aliphatic carboxylic acids is 1. The van der Waals surface area contributed by atoms with Gasteiger partial charge in [-0.15, -0.1) is 0 Å². The van der Waals surface area contributed by atoms with E-state index in [4.69, 9.17) is 4.42 Å². The van der Waals surface area contributed by atoms with E-state index in [0.29, 0.717) is 46.9 Å². The first kappa shape index (κ1) is 26.5. The standard InChI is InChI=1S/C29H29FN4O4/c1-4-20-14-22(30)12-18(3)26(20)27(35)34-24(29(36)37)13-19-5-7-21(8-6-19)28-33-16-23(38-28)15-32-25-11-17(2)9-10-31-25/h5-12,14,16,24H,4,13,15H2,1-3H3,(H,31,32)(H,34,35)(H,36,37). The van der Waals surface area contributed by atoms with Gasteiger partial charge in [-0.05, 0) is 78.9 Å². The molecule has 0 aliphatic rings. The molecule has 2 heterocycles. The lowest BCUT2D eigenvalue weighted by Gasteiger charge is -2.17. The van der Waals surface area contributed by atoms with Gasteiger partial charge in [0.2, 0.25) is 5.89 Å². The van der Waals surface area contributed by atoms with Crippen LogP contribution in [0.5, 0.6) is 0 Å². The zero-order valence-electron chi connectivity index (χ0n) is 21.4. The maximum atomic E-state index is 13.8. The molecule has 1 amide bonds. The largest absolute Gasteiger partial charge is 0.480 e. The van der Waals surface area contributed by atoms with Gasteiger partial charge in [0.1, 0.15) is 23.4 Å². The number of carbonyl (C=O) groups excluding carboxylic acids is 1. The first-order valence-electron chi connectivity index (χ1n) is 12.3. The molecular formula is C29H29FN4O4. The van der Waals surface area contributed by atoms with E-state index in [-0.39, 0.29) is 6.42 Å². The van der Waals surface area contributed by atoms with Crippen molar-refractivity contribution in [1.29, 1.82) is 0 Å². The number of carboxylic acids is 1. The highest BCUT2D eigenvalue weighted by atomic mass is 19.1. The predicted octanol–water partition coefficient (Wildman–Crippen LogP) is 5.09. The molecule has 3 N–H and O–H groups in total. The lowest BCUT2D eigenvalue weighted by Crippen LogP contribution is -2.42. The van der Waals surface area contributed by atoms with Crippen LogP contribution in [0.25, 0.3) is 11.5 Å². The minimum Gasteiger partial charge on any atom is -0.480 e. The molecule has 2 aromatic carbocycles. The van der Waals surface area contributed by atoms with E-state index in [1.54, 1.807) is 43.6 Å². The Morgan fingerprint density at radius 1 is 1.08 bits per heavy atom. The van der Waals surface area contributed by atoms with Crippen molar-refractivity contribution in [1.82, 2.24) is 15.3 Å². The molecule has 4 aromatic rings. The van der Waals surface area contributed by atoms with Crippen LogP contribution >= 0.6 is 0 Å². The summed E-state index contributed by atoms with van der Waals surface area (Å²) in [6.45, 7) is 5.87. The zero-order chi connectivity index (χ0) is 27.2. The smallest absolute Gasteiger partial charge is 0.326 e. The Kier molecular flexibility index (Phi) is 8.15. The second-order valence-electron chi connectivity index (χ2n) is 9.08. The Hall–Kier alpha value is -4.53. The number of carboxylic acid groups (broad SMARTS) is 1. The van der Waals surface area contributed by atoms with Crippen LogP contribution < -0.4 is 10.6 Å². The number of anilines is 1. The van der Waals surface area contributed by atoms with Gasteiger partial charge in [-0.2, -0.15) is 0 Å². The normalized spacial score (nSPS) is 11.7. The van der Waals surface area contributed by atoms with E-state index < -0.39 is 23.7 Å². The quantitative estimate of drug-likeness (QED) is 0.269. The highest BCUT2D eigenvalue weighted by Crippen LogP contribution is 2.22. The molecule has 0 spiro atoms. The number of aromatic nitrogens is 2. The van der Waals surface area contributed by atoms with E-state index in [9.17, 15) is 19.1 Å². The maximum absolute atomic E-state index is 13.8. The van der Waals surface area contributed by atoms with Gasteiger partial charge in [-0.25, -0.2) is 19.2 Å². The molecule has 38 heavy (non-hydrogen) atoms. The molecule has 4 rings (SSSR count). The van der Waals surface area contributed by atoms with Gasteiger partial charge >= 0.3 is 5.97 Å². The molecule has 2 aromatic heterocycles. The first-order valence-corrected chi connectivity index (χ1v) is 12.3. The van der Waals surface area contributed by atoms with Crippen LogP contribution in [0.3, 0.4) is 0 Å². The Balaban J connectivity index is 1.41. The molecule has 0 fully saturated rings. The molecule has 0 aliphatic heterocycles. The molecule has 0 bridgehead atoms. The van der Waals surface area contributed by atoms with E-state index >= 15 is 0 Å². The summed E-state index contributed by atoms with van der Waals surface area (Å²) in [6.07, 6.45) is 3.90. The lowest BCUT2D eigenvalue weighted by molar-refractivity contribution is -0.139. The van der Waals surface area contributed by atoms with Crippen molar-refractivity contribution >= 4 is 17.7 Å². The third-order valence-corrected chi connectivity index (χ3v) is 6.15. The highest BCUT2D eigenvalue weighted by Gasteiger charge is 2.24. The number of halogens is 1. The van der Waals surface area contributed by atoms with Crippen molar-refractivity contribution in [2.24, 2.45) is 0 Å². The third-order valence-electron chi connectivity index (χ3n) is 6.15. The molecule has 1 unspecified atom stereocenters. The summed E-state index contributed by atoms with van der Waals surface area (Å²) in [6, 6.07) is 12.4. The molecular weight excluding hydrogens is 487 g/mol. The summed E-state index contributed by atoms with van der Waals surface area (Å²) in [5.74, 6) is -0.300. The second-order valence-corrected chi connectivity index (χ2v) is 9.08. The minimum absolute atomic E-state index is 0.0767. The van der Waals surface area contributed by atoms with Crippen molar-refractivity contribution in [3.05, 3.63) is 100 Å². The molecule has 0 saturated carbocycles. The van der Waals surface area contributed by atoms with Crippen LogP contribution in [-0.2, 0) is 24.2 Å². The van der Waals surface area contributed by atoms with E-state index in [0.717, 1.165) is 16.9 Å². The van der Waals surface area contributed by atoms with Gasteiger partial charge in [-0.1, -0.05) is 19.1 Å². The number of hydrogen-bond acceptors (Lipinski definition) is 6. The number of carbonyl (C=O) groups is 2. The van der Waals surface area contributed by atoms with Crippen molar-refractivity contribution in [3.8, 4) is 11.5 Å². The predicted molar refractivity (Wildman–Crippen MR) is 141 cm³/mol. The summed E-state index contributed by atoms with van der Waals surface area (Å²) in [5, 5.41) is 15.5. The summed E-state index contributed by atoms with van der Waals surface area (Å²) in [5.41, 5.74) is 3.85. The van der Waals surface area contributed by atoms with Crippen molar-refractivity contribution in [3.63, 3.8) is 0 Å². The Morgan fingerprint density at radius 3 is 2.53 bits per heavy atom.